The molecule has 4 aromatic heterocycles. The third-order valence-corrected chi connectivity index (χ3v) is 5.73. The lowest BCUT2D eigenvalue weighted by molar-refractivity contribution is 0.230. The Bertz CT molecular complexity index is 1180. The van der Waals surface area contributed by atoms with Gasteiger partial charge in [0.2, 0.25) is 0 Å². The lowest BCUT2D eigenvalue weighted by atomic mass is 10.1. The maximum atomic E-state index is 9.63. The molecule has 1 aliphatic rings. The molecule has 0 radical (unpaired) electrons. The van der Waals surface area contributed by atoms with E-state index in [1.54, 1.807) is 6.20 Å². The zero-order valence-corrected chi connectivity index (χ0v) is 17.5. The number of aryl methyl sites for hydroxylation is 1. The van der Waals surface area contributed by atoms with Gasteiger partial charge in [0.05, 0.1) is 29.3 Å². The normalized spacial score (nSPS) is 17.2. The molecule has 0 aromatic carbocycles. The largest absolute Gasteiger partial charge is 0.396 e. The van der Waals surface area contributed by atoms with Crippen LogP contribution in [0.2, 0.25) is 0 Å². The van der Waals surface area contributed by atoms with Crippen molar-refractivity contribution < 1.29 is 5.11 Å². The molecule has 9 nitrogen and oxygen atoms in total. The van der Waals surface area contributed by atoms with Gasteiger partial charge in [0.25, 0.3) is 0 Å². The van der Waals surface area contributed by atoms with Crippen molar-refractivity contribution in [2.45, 2.75) is 13.5 Å². The summed E-state index contributed by atoms with van der Waals surface area (Å²) in [6.45, 7) is 6.36. The second-order valence-electron chi connectivity index (χ2n) is 7.85. The van der Waals surface area contributed by atoms with Gasteiger partial charge >= 0.3 is 0 Å². The van der Waals surface area contributed by atoms with Crippen LogP contribution >= 0.6 is 0 Å². The summed E-state index contributed by atoms with van der Waals surface area (Å²) in [7, 11) is 0. The van der Waals surface area contributed by atoms with Crippen molar-refractivity contribution >= 4 is 16.7 Å². The van der Waals surface area contributed by atoms with Gasteiger partial charge in [0.1, 0.15) is 11.5 Å². The molecule has 0 amide bonds. The van der Waals surface area contributed by atoms with E-state index in [0.29, 0.717) is 0 Å². The van der Waals surface area contributed by atoms with Crippen LogP contribution in [0.4, 0.5) is 5.82 Å². The van der Waals surface area contributed by atoms with Crippen LogP contribution in [0.3, 0.4) is 0 Å². The summed E-state index contributed by atoms with van der Waals surface area (Å²) < 4.78 is 1.89. The topological polar surface area (TPSA) is 108 Å². The number of anilines is 1. The van der Waals surface area contributed by atoms with E-state index in [4.69, 9.17) is 4.98 Å². The van der Waals surface area contributed by atoms with Gasteiger partial charge < -0.3 is 15.3 Å². The first-order valence-corrected chi connectivity index (χ1v) is 10.7. The van der Waals surface area contributed by atoms with Crippen molar-refractivity contribution in [1.29, 1.82) is 0 Å². The van der Waals surface area contributed by atoms with E-state index in [9.17, 15) is 5.11 Å². The van der Waals surface area contributed by atoms with Gasteiger partial charge in [-0.25, -0.2) is 4.98 Å². The molecule has 0 bridgehead atoms. The van der Waals surface area contributed by atoms with Crippen LogP contribution in [0.15, 0.2) is 42.9 Å². The van der Waals surface area contributed by atoms with Crippen molar-refractivity contribution in [2.75, 3.05) is 37.7 Å². The van der Waals surface area contributed by atoms with Crippen molar-refractivity contribution in [3.8, 4) is 22.6 Å². The van der Waals surface area contributed by atoms with Crippen LogP contribution in [-0.2, 0) is 6.54 Å². The van der Waals surface area contributed by atoms with Gasteiger partial charge in [-0.3, -0.25) is 14.8 Å². The van der Waals surface area contributed by atoms with E-state index in [0.717, 1.165) is 72.1 Å². The SMILES string of the molecule is CCn1cc(-c2cc3c(-c4cccc(N5CCNCC(CO)C5)n4)n[nH]c3cn2)cn1. The number of hydrogen-bond donors (Lipinski definition) is 3. The van der Waals surface area contributed by atoms with Crippen LogP contribution in [0, 0.1) is 5.92 Å². The minimum absolute atomic E-state index is 0.164. The predicted octanol–water partition coefficient (Wildman–Crippen LogP) is 1.92. The first-order chi connectivity index (χ1) is 15.2. The molecule has 4 aromatic rings. The fourth-order valence-corrected chi connectivity index (χ4v) is 3.99. The van der Waals surface area contributed by atoms with Gasteiger partial charge in [-0.05, 0) is 25.1 Å². The lowest BCUT2D eigenvalue weighted by Gasteiger charge is -2.24. The van der Waals surface area contributed by atoms with Crippen molar-refractivity contribution in [1.82, 2.24) is 35.3 Å². The quantitative estimate of drug-likeness (QED) is 0.454. The summed E-state index contributed by atoms with van der Waals surface area (Å²) in [6, 6.07) is 8.05. The molecule has 1 fully saturated rings. The second-order valence-corrected chi connectivity index (χ2v) is 7.85. The fourth-order valence-electron chi connectivity index (χ4n) is 3.99. The molecule has 1 unspecified atom stereocenters. The molecule has 5 heterocycles. The van der Waals surface area contributed by atoms with Crippen LogP contribution in [0.5, 0.6) is 0 Å². The van der Waals surface area contributed by atoms with Gasteiger partial charge in [-0.15, -0.1) is 0 Å². The van der Waals surface area contributed by atoms with Crippen molar-refractivity contribution in [3.05, 3.63) is 42.9 Å². The summed E-state index contributed by atoms with van der Waals surface area (Å²) in [5.41, 5.74) is 4.31. The highest BCUT2D eigenvalue weighted by atomic mass is 16.3. The van der Waals surface area contributed by atoms with E-state index in [2.05, 4.69) is 37.4 Å². The Labute approximate surface area is 180 Å². The number of fused-ring (bicyclic) bond motifs is 1. The van der Waals surface area contributed by atoms with E-state index >= 15 is 0 Å². The minimum Gasteiger partial charge on any atom is -0.396 e. The molecule has 1 saturated heterocycles. The lowest BCUT2D eigenvalue weighted by Crippen LogP contribution is -2.32. The summed E-state index contributed by atoms with van der Waals surface area (Å²) >= 11 is 0. The van der Waals surface area contributed by atoms with Crippen LogP contribution in [0.25, 0.3) is 33.5 Å². The summed E-state index contributed by atoms with van der Waals surface area (Å²) in [4.78, 5) is 11.7. The average Bonchev–Trinajstić information content (AvgIpc) is 3.39. The molecule has 3 N–H and O–H groups in total. The summed E-state index contributed by atoms with van der Waals surface area (Å²) in [5, 5.41) is 26.0. The molecular formula is C22H26N8O. The number of nitrogens with zero attached hydrogens (tertiary/aromatic N) is 6. The summed E-state index contributed by atoms with van der Waals surface area (Å²) in [5.74, 6) is 1.09. The molecule has 1 atom stereocenters. The van der Waals surface area contributed by atoms with Crippen LogP contribution in [0.1, 0.15) is 6.92 Å². The Balaban J connectivity index is 1.50. The highest BCUT2D eigenvalue weighted by molar-refractivity contribution is 5.93. The van der Waals surface area contributed by atoms with E-state index in [-0.39, 0.29) is 12.5 Å². The molecule has 1 aliphatic heterocycles. The number of aliphatic hydroxyl groups excluding tert-OH is 1. The van der Waals surface area contributed by atoms with E-state index in [1.165, 1.54) is 0 Å². The molecule has 0 aliphatic carbocycles. The molecule has 9 heteroatoms. The Morgan fingerprint density at radius 1 is 1.23 bits per heavy atom. The smallest absolute Gasteiger partial charge is 0.129 e. The number of aromatic amines is 1. The number of H-pyrrole nitrogens is 1. The molecule has 5 rings (SSSR count). The maximum absolute atomic E-state index is 9.63. The molecule has 31 heavy (non-hydrogen) atoms. The molecule has 0 spiro atoms. The number of hydrogen-bond acceptors (Lipinski definition) is 7. The highest BCUT2D eigenvalue weighted by Gasteiger charge is 2.19. The van der Waals surface area contributed by atoms with E-state index < -0.39 is 0 Å². The minimum atomic E-state index is 0.164. The van der Waals surface area contributed by atoms with Crippen LogP contribution in [-0.4, -0.2) is 67.8 Å². The molecule has 0 saturated carbocycles. The first kappa shape index (κ1) is 19.7. The second kappa shape index (κ2) is 8.44. The average molecular weight is 419 g/mol. The Hall–Kier alpha value is -3.30. The standard InChI is InChI=1S/C22H26N8O/c1-2-30-13-16(10-25-30)19-8-17-20(11-24-19)27-28-22(17)18-4-3-5-21(26-18)29-7-6-23-9-15(12-29)14-31/h3-5,8,10-11,13,15,23,31H,2,6-7,9,12,14H2,1H3,(H,27,28). The molecule has 160 valence electrons. The molecular weight excluding hydrogens is 392 g/mol. The Kier molecular flexibility index (Phi) is 5.35. The van der Waals surface area contributed by atoms with Crippen molar-refractivity contribution in [2.24, 2.45) is 5.92 Å². The number of aliphatic hydroxyl groups is 1. The van der Waals surface area contributed by atoms with Gasteiger partial charge in [-0.1, -0.05) is 6.07 Å². The monoisotopic (exact) mass is 418 g/mol. The number of rotatable bonds is 5. The zero-order valence-electron chi connectivity index (χ0n) is 17.5. The number of aromatic nitrogens is 6. The Morgan fingerprint density at radius 2 is 2.16 bits per heavy atom. The number of nitrogens with one attached hydrogen (secondary N) is 2. The summed E-state index contributed by atoms with van der Waals surface area (Å²) in [6.07, 6.45) is 5.64. The predicted molar refractivity (Wildman–Crippen MR) is 120 cm³/mol. The van der Waals surface area contributed by atoms with Gasteiger partial charge in [0.15, 0.2) is 0 Å². The third kappa shape index (κ3) is 3.89. The Morgan fingerprint density at radius 3 is 3.00 bits per heavy atom. The van der Waals surface area contributed by atoms with Gasteiger partial charge in [-0.2, -0.15) is 10.2 Å². The van der Waals surface area contributed by atoms with Crippen LogP contribution < -0.4 is 10.2 Å². The zero-order chi connectivity index (χ0) is 21.2. The van der Waals surface area contributed by atoms with E-state index in [1.807, 2.05) is 41.3 Å². The third-order valence-electron chi connectivity index (χ3n) is 5.73. The highest BCUT2D eigenvalue weighted by Crippen LogP contribution is 2.29. The number of pyridine rings is 2. The maximum Gasteiger partial charge on any atom is 0.129 e. The fraction of sp³-hybridized carbons (Fsp3) is 0.364. The van der Waals surface area contributed by atoms with Gasteiger partial charge in [0, 0.05) is 62.4 Å². The van der Waals surface area contributed by atoms with Crippen molar-refractivity contribution in [3.63, 3.8) is 0 Å². The first-order valence-electron chi connectivity index (χ1n) is 10.7.